The average Bonchev–Trinajstić information content (AvgIpc) is 3.31. The molecule has 0 unspecified atom stereocenters. The van der Waals surface area contributed by atoms with Crippen molar-refractivity contribution >= 4 is 9.84 Å². The van der Waals surface area contributed by atoms with Gasteiger partial charge in [0.15, 0.2) is 9.84 Å². The number of nitriles is 1. The molecule has 0 bridgehead atoms. The maximum atomic E-state index is 13.6. The lowest BCUT2D eigenvalue weighted by Crippen LogP contribution is -2.19. The molecule has 0 N–H and O–H groups in total. The van der Waals surface area contributed by atoms with E-state index in [9.17, 15) is 18.1 Å². The Hall–Kier alpha value is -2.23. The van der Waals surface area contributed by atoms with Crippen molar-refractivity contribution < 1.29 is 17.5 Å². The second kappa shape index (κ2) is 6.58. The molecular weight excluding hydrogens is 341 g/mol. The lowest BCUT2D eigenvalue weighted by atomic mass is 10.0. The Morgan fingerprint density at radius 3 is 2.52 bits per heavy atom. The van der Waals surface area contributed by atoms with Gasteiger partial charge in [0.25, 0.3) is 0 Å². The third kappa shape index (κ3) is 2.94. The molecule has 0 spiro atoms. The van der Waals surface area contributed by atoms with Crippen molar-refractivity contribution in [2.45, 2.75) is 23.0 Å². The summed E-state index contributed by atoms with van der Waals surface area (Å²) in [6.45, 7) is 2.15. The molecule has 2 aromatic rings. The maximum Gasteiger partial charge on any atom is 0.183 e. The lowest BCUT2D eigenvalue weighted by molar-refractivity contribution is 0.117. The largest absolute Gasteiger partial charge is 0.380 e. The molecule has 0 aromatic heterocycles. The minimum Gasteiger partial charge on any atom is -0.380 e. The maximum absolute atomic E-state index is 13.6. The molecule has 130 valence electrons. The second-order valence-electron chi connectivity index (χ2n) is 6.10. The van der Waals surface area contributed by atoms with E-state index >= 15 is 0 Å². The third-order valence-corrected chi connectivity index (χ3v) is 6.91. The number of benzene rings is 2. The zero-order chi connectivity index (χ0) is 18.1. The van der Waals surface area contributed by atoms with Crippen molar-refractivity contribution in [3.05, 3.63) is 66.0 Å². The molecule has 0 aliphatic heterocycles. The quantitative estimate of drug-likeness (QED) is 0.794. The number of halogens is 1. The van der Waals surface area contributed by atoms with Gasteiger partial charge in [-0.2, -0.15) is 5.26 Å². The third-order valence-electron chi connectivity index (χ3n) is 4.62. The minimum atomic E-state index is -3.75. The molecule has 3 atom stereocenters. The summed E-state index contributed by atoms with van der Waals surface area (Å²) in [4.78, 5) is 0.162. The van der Waals surface area contributed by atoms with Crippen LogP contribution in [0.4, 0.5) is 4.39 Å². The fourth-order valence-corrected chi connectivity index (χ4v) is 5.73. The molecule has 1 aliphatic carbocycles. The highest BCUT2D eigenvalue weighted by molar-refractivity contribution is 7.92. The van der Waals surface area contributed by atoms with Crippen LogP contribution in [0.2, 0.25) is 0 Å². The van der Waals surface area contributed by atoms with E-state index in [4.69, 9.17) is 4.74 Å². The molecule has 1 saturated carbocycles. The van der Waals surface area contributed by atoms with Gasteiger partial charge in [-0.05, 0) is 36.8 Å². The summed E-state index contributed by atoms with van der Waals surface area (Å²) in [5, 5.41) is 8.82. The Morgan fingerprint density at radius 1 is 1.20 bits per heavy atom. The summed E-state index contributed by atoms with van der Waals surface area (Å²) in [5.74, 6) is -1.08. The zero-order valence-electron chi connectivity index (χ0n) is 13.7. The molecule has 25 heavy (non-hydrogen) atoms. The van der Waals surface area contributed by atoms with E-state index < -0.39 is 32.2 Å². The number of rotatable bonds is 6. The lowest BCUT2D eigenvalue weighted by Gasteiger charge is -2.09. The Morgan fingerprint density at radius 2 is 1.92 bits per heavy atom. The van der Waals surface area contributed by atoms with Gasteiger partial charge in [-0.15, -0.1) is 0 Å². The summed E-state index contributed by atoms with van der Waals surface area (Å²) < 4.78 is 45.3. The first-order valence-electron chi connectivity index (χ1n) is 8.01. The van der Waals surface area contributed by atoms with Gasteiger partial charge in [0.05, 0.1) is 22.8 Å². The topological polar surface area (TPSA) is 67.2 Å². The van der Waals surface area contributed by atoms with Crippen molar-refractivity contribution in [1.29, 1.82) is 5.26 Å². The summed E-state index contributed by atoms with van der Waals surface area (Å²) in [7, 11) is -3.75. The van der Waals surface area contributed by atoms with Crippen LogP contribution < -0.4 is 0 Å². The molecule has 0 saturated heterocycles. The molecule has 1 aliphatic rings. The predicted molar refractivity (Wildman–Crippen MR) is 91.1 cm³/mol. The van der Waals surface area contributed by atoms with Gasteiger partial charge in [-0.3, -0.25) is 0 Å². The Labute approximate surface area is 146 Å². The molecule has 2 aromatic carbocycles. The molecule has 3 rings (SSSR count). The van der Waals surface area contributed by atoms with Crippen LogP contribution in [-0.4, -0.2) is 26.9 Å². The summed E-state index contributed by atoms with van der Waals surface area (Å²) in [6, 6.07) is 16.0. The molecule has 4 nitrogen and oxygen atoms in total. The first-order chi connectivity index (χ1) is 12.0. The highest BCUT2D eigenvalue weighted by atomic mass is 32.2. The molecular formula is C19H18FNO3S. The second-order valence-corrected chi connectivity index (χ2v) is 8.17. The van der Waals surface area contributed by atoms with Gasteiger partial charge >= 0.3 is 0 Å². The van der Waals surface area contributed by atoms with Gasteiger partial charge < -0.3 is 4.74 Å². The van der Waals surface area contributed by atoms with Gasteiger partial charge in [-0.1, -0.05) is 30.3 Å². The van der Waals surface area contributed by atoms with Gasteiger partial charge in [0.2, 0.25) is 0 Å². The van der Waals surface area contributed by atoms with E-state index in [1.54, 1.807) is 31.2 Å². The van der Waals surface area contributed by atoms with E-state index in [2.05, 4.69) is 6.07 Å². The number of nitrogens with zero attached hydrogens (tertiary/aromatic N) is 1. The van der Waals surface area contributed by atoms with Crippen LogP contribution in [0.5, 0.6) is 0 Å². The van der Waals surface area contributed by atoms with Crippen LogP contribution >= 0.6 is 0 Å². The van der Waals surface area contributed by atoms with E-state index in [0.29, 0.717) is 12.2 Å². The van der Waals surface area contributed by atoms with Crippen LogP contribution in [0.25, 0.3) is 0 Å². The van der Waals surface area contributed by atoms with Crippen LogP contribution in [-0.2, 0) is 14.6 Å². The zero-order valence-corrected chi connectivity index (χ0v) is 14.5. The molecule has 0 heterocycles. The Bertz CT molecular complexity index is 908. The molecule has 0 radical (unpaired) electrons. The SMILES string of the molecule is CCOC[C@]1(C#N)[C@H](c2cccc(F)c2)[C@@H]1S(=O)(=O)c1ccccc1. The highest BCUT2D eigenvalue weighted by Gasteiger charge is 2.72. The number of sulfone groups is 1. The fourth-order valence-electron chi connectivity index (χ4n) is 3.40. The summed E-state index contributed by atoms with van der Waals surface area (Å²) in [5.41, 5.74) is -0.705. The van der Waals surface area contributed by atoms with Crippen LogP contribution in [0, 0.1) is 22.6 Å². The van der Waals surface area contributed by atoms with E-state index in [-0.39, 0.29) is 11.5 Å². The van der Waals surface area contributed by atoms with Crippen molar-refractivity contribution in [3.8, 4) is 6.07 Å². The molecule has 1 fully saturated rings. The van der Waals surface area contributed by atoms with Crippen molar-refractivity contribution in [3.63, 3.8) is 0 Å². The summed E-state index contributed by atoms with van der Waals surface area (Å²) >= 11 is 0. The Kier molecular flexibility index (Phi) is 4.63. The van der Waals surface area contributed by atoms with Crippen molar-refractivity contribution in [2.75, 3.05) is 13.2 Å². The highest BCUT2D eigenvalue weighted by Crippen LogP contribution is 2.63. The Balaban J connectivity index is 2.08. The van der Waals surface area contributed by atoms with Gasteiger partial charge in [0, 0.05) is 12.5 Å². The predicted octanol–water partition coefficient (Wildman–Crippen LogP) is 3.31. The molecule has 6 heteroatoms. The van der Waals surface area contributed by atoms with E-state index in [1.165, 1.54) is 30.3 Å². The van der Waals surface area contributed by atoms with Gasteiger partial charge in [0.1, 0.15) is 11.2 Å². The fraction of sp³-hybridized carbons (Fsp3) is 0.316. The number of hydrogen-bond acceptors (Lipinski definition) is 4. The van der Waals surface area contributed by atoms with Crippen molar-refractivity contribution in [2.24, 2.45) is 5.41 Å². The standard InChI is InChI=1S/C19H18FNO3S/c1-2-24-13-19(12-21)17(14-7-6-8-15(20)11-14)18(19)25(22,23)16-9-4-3-5-10-16/h3-11,17-18H,2,13H2,1H3/t17-,18+,19-/m1/s1. The minimum absolute atomic E-state index is 0.00207. The first kappa shape index (κ1) is 17.6. The normalized spacial score (nSPS) is 25.3. The average molecular weight is 359 g/mol. The van der Waals surface area contributed by atoms with Crippen LogP contribution in [0.3, 0.4) is 0 Å². The molecule has 0 amide bonds. The number of ether oxygens (including phenoxy) is 1. The van der Waals surface area contributed by atoms with Crippen LogP contribution in [0.1, 0.15) is 18.4 Å². The summed E-state index contributed by atoms with van der Waals surface area (Å²) in [6.07, 6.45) is 0. The number of hydrogen-bond donors (Lipinski definition) is 0. The monoisotopic (exact) mass is 359 g/mol. The first-order valence-corrected chi connectivity index (χ1v) is 9.55. The van der Waals surface area contributed by atoms with Crippen LogP contribution in [0.15, 0.2) is 59.5 Å². The smallest absolute Gasteiger partial charge is 0.183 e. The van der Waals surface area contributed by atoms with E-state index in [0.717, 1.165) is 0 Å². The van der Waals surface area contributed by atoms with Gasteiger partial charge in [-0.25, -0.2) is 12.8 Å². The van der Waals surface area contributed by atoms with Crippen molar-refractivity contribution in [1.82, 2.24) is 0 Å². The van der Waals surface area contributed by atoms with E-state index in [1.807, 2.05) is 0 Å².